The van der Waals surface area contributed by atoms with Crippen LogP contribution >= 0.6 is 0 Å². The van der Waals surface area contributed by atoms with Crippen LogP contribution in [-0.2, 0) is 6.54 Å². The number of hydrogen-bond donors (Lipinski definition) is 2. The van der Waals surface area contributed by atoms with Crippen LogP contribution in [0, 0.1) is 13.8 Å². The van der Waals surface area contributed by atoms with Crippen molar-refractivity contribution in [1.29, 1.82) is 0 Å². The van der Waals surface area contributed by atoms with Crippen LogP contribution in [0.1, 0.15) is 17.0 Å². The molecule has 0 aliphatic carbocycles. The van der Waals surface area contributed by atoms with Gasteiger partial charge < -0.3 is 14.8 Å². The van der Waals surface area contributed by atoms with Gasteiger partial charge in [0.15, 0.2) is 0 Å². The summed E-state index contributed by atoms with van der Waals surface area (Å²) in [5, 5.41) is 8.29. The number of pyridine rings is 2. The molecule has 0 amide bonds. The minimum absolute atomic E-state index is 0.168. The second-order valence-corrected chi connectivity index (χ2v) is 6.17. The third-order valence-electron chi connectivity index (χ3n) is 4.43. The number of benzene rings is 1. The molecule has 1 aromatic carbocycles. The molecule has 6 heteroatoms. The van der Waals surface area contributed by atoms with Gasteiger partial charge in [0.25, 0.3) is 5.56 Å². The van der Waals surface area contributed by atoms with Crippen molar-refractivity contribution in [1.82, 2.24) is 15.1 Å². The maximum Gasteiger partial charge on any atom is 0.271 e. The number of fused-ring (bicyclic) bond motifs is 1. The molecule has 0 spiro atoms. The number of H-pyrrole nitrogens is 1. The molecule has 0 bridgehead atoms. The van der Waals surface area contributed by atoms with Gasteiger partial charge in [0.05, 0.1) is 11.2 Å². The van der Waals surface area contributed by atoms with Crippen LogP contribution in [-0.4, -0.2) is 15.1 Å². The van der Waals surface area contributed by atoms with E-state index in [9.17, 15) is 4.79 Å². The van der Waals surface area contributed by atoms with Crippen LogP contribution < -0.4 is 10.9 Å². The van der Waals surface area contributed by atoms with E-state index < -0.39 is 0 Å². The minimum atomic E-state index is -0.168. The Labute approximate surface area is 149 Å². The lowest BCUT2D eigenvalue weighted by Gasteiger charge is -2.10. The SMILES string of the molecule is Cc1noc(C)c1-c1c[nH]c(=O)c(NCc2cccc3ncccc23)c1. The van der Waals surface area contributed by atoms with Crippen LogP contribution in [0.15, 0.2) is 58.1 Å². The van der Waals surface area contributed by atoms with E-state index in [1.54, 1.807) is 12.4 Å². The average Bonchev–Trinajstić information content (AvgIpc) is 2.99. The van der Waals surface area contributed by atoms with Crippen molar-refractivity contribution >= 4 is 16.6 Å². The summed E-state index contributed by atoms with van der Waals surface area (Å²) in [5.74, 6) is 0.723. The highest BCUT2D eigenvalue weighted by Crippen LogP contribution is 2.27. The number of hydrogen-bond acceptors (Lipinski definition) is 5. The zero-order valence-electron chi connectivity index (χ0n) is 14.5. The maximum absolute atomic E-state index is 12.2. The summed E-state index contributed by atoms with van der Waals surface area (Å²) >= 11 is 0. The van der Waals surface area contributed by atoms with Crippen molar-refractivity contribution in [2.75, 3.05) is 5.32 Å². The first-order valence-corrected chi connectivity index (χ1v) is 8.36. The zero-order valence-corrected chi connectivity index (χ0v) is 14.5. The van der Waals surface area contributed by atoms with Crippen molar-refractivity contribution in [2.24, 2.45) is 0 Å². The fraction of sp³-hybridized carbons (Fsp3) is 0.150. The third kappa shape index (κ3) is 2.86. The summed E-state index contributed by atoms with van der Waals surface area (Å²) in [4.78, 5) is 19.4. The molecule has 0 unspecified atom stereocenters. The summed E-state index contributed by atoms with van der Waals surface area (Å²) in [6.45, 7) is 4.26. The Hall–Kier alpha value is -3.41. The summed E-state index contributed by atoms with van der Waals surface area (Å²) in [5.41, 5.74) is 4.91. The number of rotatable bonds is 4. The molecule has 4 aromatic rings. The molecule has 26 heavy (non-hydrogen) atoms. The number of nitrogens with zero attached hydrogens (tertiary/aromatic N) is 2. The predicted molar refractivity (Wildman–Crippen MR) is 101 cm³/mol. The molecule has 2 N–H and O–H groups in total. The first-order chi connectivity index (χ1) is 12.6. The highest BCUT2D eigenvalue weighted by molar-refractivity contribution is 5.82. The van der Waals surface area contributed by atoms with E-state index in [0.29, 0.717) is 12.2 Å². The van der Waals surface area contributed by atoms with Gasteiger partial charge in [0.1, 0.15) is 11.4 Å². The smallest absolute Gasteiger partial charge is 0.271 e. The van der Waals surface area contributed by atoms with Gasteiger partial charge in [-0.25, -0.2) is 0 Å². The molecular formula is C20H18N4O2. The second-order valence-electron chi connectivity index (χ2n) is 6.17. The predicted octanol–water partition coefficient (Wildman–Crippen LogP) is 3.81. The van der Waals surface area contributed by atoms with Crippen molar-refractivity contribution in [3.8, 4) is 11.1 Å². The summed E-state index contributed by atoms with van der Waals surface area (Å²) in [7, 11) is 0. The van der Waals surface area contributed by atoms with Gasteiger partial charge in [-0.05, 0) is 37.6 Å². The molecule has 3 aromatic heterocycles. The zero-order chi connectivity index (χ0) is 18.1. The highest BCUT2D eigenvalue weighted by atomic mass is 16.5. The average molecular weight is 346 g/mol. The van der Waals surface area contributed by atoms with Gasteiger partial charge in [-0.2, -0.15) is 0 Å². The Bertz CT molecular complexity index is 1120. The summed E-state index contributed by atoms with van der Waals surface area (Å²) in [6.07, 6.45) is 3.46. The first kappa shape index (κ1) is 16.1. The van der Waals surface area contributed by atoms with E-state index in [4.69, 9.17) is 4.52 Å². The highest BCUT2D eigenvalue weighted by Gasteiger charge is 2.13. The van der Waals surface area contributed by atoms with Crippen molar-refractivity contribution < 1.29 is 4.52 Å². The van der Waals surface area contributed by atoms with E-state index in [1.807, 2.05) is 50.2 Å². The Morgan fingerprint density at radius 1 is 1.19 bits per heavy atom. The minimum Gasteiger partial charge on any atom is -0.376 e. The molecule has 0 saturated heterocycles. The van der Waals surface area contributed by atoms with Gasteiger partial charge in [-0.3, -0.25) is 9.78 Å². The first-order valence-electron chi connectivity index (χ1n) is 8.36. The van der Waals surface area contributed by atoms with Gasteiger partial charge in [-0.1, -0.05) is 23.4 Å². The number of aromatic nitrogens is 3. The van der Waals surface area contributed by atoms with Gasteiger partial charge >= 0.3 is 0 Å². The topological polar surface area (TPSA) is 83.8 Å². The standard InChI is InChI=1S/C20H18N4O2/c1-12-19(13(2)26-24-12)15-9-18(20(25)23-11-15)22-10-14-5-3-7-17-16(14)6-4-8-21-17/h3-9,11,22H,10H2,1-2H3,(H,23,25). The fourth-order valence-electron chi connectivity index (χ4n) is 3.17. The Balaban J connectivity index is 1.66. The molecule has 130 valence electrons. The van der Waals surface area contributed by atoms with Crippen LogP contribution in [0.5, 0.6) is 0 Å². The van der Waals surface area contributed by atoms with Crippen LogP contribution in [0.2, 0.25) is 0 Å². The number of anilines is 1. The largest absolute Gasteiger partial charge is 0.376 e. The second kappa shape index (κ2) is 6.48. The monoisotopic (exact) mass is 346 g/mol. The summed E-state index contributed by atoms with van der Waals surface area (Å²) in [6, 6.07) is 11.7. The number of aryl methyl sites for hydroxylation is 2. The van der Waals surface area contributed by atoms with Gasteiger partial charge in [-0.15, -0.1) is 0 Å². The molecule has 0 atom stereocenters. The quantitative estimate of drug-likeness (QED) is 0.587. The molecule has 0 aliphatic heterocycles. The number of nitrogens with one attached hydrogen (secondary N) is 2. The fourth-order valence-corrected chi connectivity index (χ4v) is 3.17. The van der Waals surface area contributed by atoms with Crippen LogP contribution in [0.25, 0.3) is 22.0 Å². The lowest BCUT2D eigenvalue weighted by molar-refractivity contribution is 0.393. The van der Waals surface area contributed by atoms with Crippen molar-refractivity contribution in [3.63, 3.8) is 0 Å². The lowest BCUT2D eigenvalue weighted by Crippen LogP contribution is -2.14. The molecule has 0 saturated carbocycles. The van der Waals surface area contributed by atoms with Crippen LogP contribution in [0.3, 0.4) is 0 Å². The Morgan fingerprint density at radius 2 is 2.08 bits per heavy atom. The Kier molecular flexibility index (Phi) is 4.01. The third-order valence-corrected chi connectivity index (χ3v) is 4.43. The van der Waals surface area contributed by atoms with Crippen molar-refractivity contribution in [3.05, 3.63) is 76.2 Å². The molecular weight excluding hydrogens is 328 g/mol. The van der Waals surface area contributed by atoms with E-state index in [-0.39, 0.29) is 5.56 Å². The normalized spacial score (nSPS) is 11.0. The molecule has 6 nitrogen and oxygen atoms in total. The van der Waals surface area contributed by atoms with E-state index in [1.165, 1.54) is 0 Å². The van der Waals surface area contributed by atoms with E-state index >= 15 is 0 Å². The Morgan fingerprint density at radius 3 is 2.88 bits per heavy atom. The van der Waals surface area contributed by atoms with Crippen LogP contribution in [0.4, 0.5) is 5.69 Å². The maximum atomic E-state index is 12.2. The lowest BCUT2D eigenvalue weighted by atomic mass is 10.1. The molecule has 0 aliphatic rings. The summed E-state index contributed by atoms with van der Waals surface area (Å²) < 4.78 is 5.23. The molecule has 4 rings (SSSR count). The van der Waals surface area contributed by atoms with E-state index in [2.05, 4.69) is 20.4 Å². The molecule has 3 heterocycles. The van der Waals surface area contributed by atoms with Gasteiger partial charge in [0.2, 0.25) is 0 Å². The molecule has 0 fully saturated rings. The number of aromatic amines is 1. The van der Waals surface area contributed by atoms with Crippen molar-refractivity contribution in [2.45, 2.75) is 20.4 Å². The van der Waals surface area contributed by atoms with Gasteiger partial charge in [0, 0.05) is 35.5 Å². The molecule has 0 radical (unpaired) electrons. The van der Waals surface area contributed by atoms with E-state index in [0.717, 1.165) is 39.0 Å².